The first-order chi connectivity index (χ1) is 12.6. The number of hydrogen-bond acceptors (Lipinski definition) is 4. The summed E-state index contributed by atoms with van der Waals surface area (Å²) in [6.45, 7) is 7.43. The standard InChI is InChI=1S/C21H27N3O2/c1-16-8-4-5-9-18(16)22-21(25)17(2)23-12-14-24(15-13-23)19-10-6-7-11-20(19)26-3/h4-11,17H,12-15H2,1-3H3,(H,22,25). The van der Waals surface area contributed by atoms with Crippen molar-refractivity contribution in [1.29, 1.82) is 0 Å². The van der Waals surface area contributed by atoms with E-state index in [0.717, 1.165) is 48.9 Å². The molecule has 3 rings (SSSR count). The first-order valence-electron chi connectivity index (χ1n) is 9.08. The smallest absolute Gasteiger partial charge is 0.241 e. The topological polar surface area (TPSA) is 44.8 Å². The highest BCUT2D eigenvalue weighted by molar-refractivity contribution is 5.95. The summed E-state index contributed by atoms with van der Waals surface area (Å²) in [6.07, 6.45) is 0. The van der Waals surface area contributed by atoms with Gasteiger partial charge in [-0.2, -0.15) is 0 Å². The molecule has 1 heterocycles. The van der Waals surface area contributed by atoms with Gasteiger partial charge in [0.25, 0.3) is 0 Å². The van der Waals surface area contributed by atoms with Crippen molar-refractivity contribution in [1.82, 2.24) is 4.90 Å². The fourth-order valence-electron chi connectivity index (χ4n) is 3.36. The van der Waals surface area contributed by atoms with Crippen LogP contribution in [0.1, 0.15) is 12.5 Å². The minimum atomic E-state index is -0.158. The van der Waals surface area contributed by atoms with Gasteiger partial charge >= 0.3 is 0 Å². The Morgan fingerprint density at radius 1 is 1.04 bits per heavy atom. The van der Waals surface area contributed by atoms with Crippen LogP contribution in [0, 0.1) is 6.92 Å². The number of carbonyl (C=O) groups is 1. The minimum Gasteiger partial charge on any atom is -0.495 e. The van der Waals surface area contributed by atoms with Crippen molar-refractivity contribution in [2.24, 2.45) is 0 Å². The first-order valence-corrected chi connectivity index (χ1v) is 9.08. The molecule has 0 spiro atoms. The van der Waals surface area contributed by atoms with Crippen LogP contribution in [0.2, 0.25) is 0 Å². The molecule has 1 amide bonds. The van der Waals surface area contributed by atoms with Crippen LogP contribution >= 0.6 is 0 Å². The molecule has 1 saturated heterocycles. The number of nitrogens with zero attached hydrogens (tertiary/aromatic N) is 2. The van der Waals surface area contributed by atoms with Crippen molar-refractivity contribution in [2.45, 2.75) is 19.9 Å². The van der Waals surface area contributed by atoms with Gasteiger partial charge in [-0.1, -0.05) is 30.3 Å². The number of hydrogen-bond donors (Lipinski definition) is 1. The lowest BCUT2D eigenvalue weighted by atomic mass is 10.1. The summed E-state index contributed by atoms with van der Waals surface area (Å²) >= 11 is 0. The molecule has 2 aromatic carbocycles. The fourth-order valence-corrected chi connectivity index (χ4v) is 3.36. The molecule has 1 unspecified atom stereocenters. The summed E-state index contributed by atoms with van der Waals surface area (Å²) in [5.41, 5.74) is 3.08. The molecule has 0 radical (unpaired) electrons. The molecule has 1 fully saturated rings. The van der Waals surface area contributed by atoms with Crippen molar-refractivity contribution in [2.75, 3.05) is 43.5 Å². The Balaban J connectivity index is 1.59. The zero-order valence-corrected chi connectivity index (χ0v) is 15.7. The summed E-state index contributed by atoms with van der Waals surface area (Å²) in [5, 5.41) is 3.05. The third-order valence-electron chi connectivity index (χ3n) is 5.07. The maximum absolute atomic E-state index is 12.6. The highest BCUT2D eigenvalue weighted by Gasteiger charge is 2.26. The van der Waals surface area contributed by atoms with Gasteiger partial charge in [0.2, 0.25) is 5.91 Å². The highest BCUT2D eigenvalue weighted by Crippen LogP contribution is 2.28. The van der Waals surface area contributed by atoms with Crippen molar-refractivity contribution >= 4 is 17.3 Å². The van der Waals surface area contributed by atoms with E-state index in [9.17, 15) is 4.79 Å². The molecule has 26 heavy (non-hydrogen) atoms. The van der Waals surface area contributed by atoms with Crippen LogP contribution in [-0.2, 0) is 4.79 Å². The fraction of sp³-hybridized carbons (Fsp3) is 0.381. The lowest BCUT2D eigenvalue weighted by molar-refractivity contribution is -0.120. The minimum absolute atomic E-state index is 0.0463. The lowest BCUT2D eigenvalue weighted by Crippen LogP contribution is -2.52. The van der Waals surface area contributed by atoms with Crippen molar-refractivity contribution < 1.29 is 9.53 Å². The number of nitrogens with one attached hydrogen (secondary N) is 1. The first kappa shape index (κ1) is 18.3. The molecule has 0 saturated carbocycles. The summed E-state index contributed by atoms with van der Waals surface area (Å²) in [4.78, 5) is 17.2. The Labute approximate surface area is 155 Å². The molecule has 5 nitrogen and oxygen atoms in total. The van der Waals surface area contributed by atoms with E-state index in [1.165, 1.54) is 0 Å². The number of piperazine rings is 1. The van der Waals surface area contributed by atoms with Crippen LogP contribution in [0.5, 0.6) is 5.75 Å². The van der Waals surface area contributed by atoms with Crippen LogP contribution in [0.4, 0.5) is 11.4 Å². The third kappa shape index (κ3) is 3.99. The zero-order valence-electron chi connectivity index (χ0n) is 15.7. The Kier molecular flexibility index (Phi) is 5.78. The predicted octanol–water partition coefficient (Wildman–Crippen LogP) is 3.15. The number of methoxy groups -OCH3 is 1. The molecule has 5 heteroatoms. The van der Waals surface area contributed by atoms with Crippen molar-refractivity contribution in [3.8, 4) is 5.75 Å². The van der Waals surface area contributed by atoms with Crippen LogP contribution in [0.15, 0.2) is 48.5 Å². The van der Waals surface area contributed by atoms with Gasteiger partial charge in [-0.15, -0.1) is 0 Å². The average Bonchev–Trinajstić information content (AvgIpc) is 2.69. The lowest BCUT2D eigenvalue weighted by Gasteiger charge is -2.38. The average molecular weight is 353 g/mol. The molecule has 1 N–H and O–H groups in total. The molecular weight excluding hydrogens is 326 g/mol. The number of benzene rings is 2. The number of amides is 1. The predicted molar refractivity (Wildman–Crippen MR) is 106 cm³/mol. The number of rotatable bonds is 5. The molecule has 0 aliphatic carbocycles. The van der Waals surface area contributed by atoms with Crippen molar-refractivity contribution in [3.05, 3.63) is 54.1 Å². The van der Waals surface area contributed by atoms with E-state index in [1.807, 2.05) is 56.3 Å². The van der Waals surface area contributed by atoms with E-state index < -0.39 is 0 Å². The van der Waals surface area contributed by atoms with Crippen LogP contribution in [0.25, 0.3) is 0 Å². The van der Waals surface area contributed by atoms with Crippen LogP contribution in [-0.4, -0.2) is 50.1 Å². The Bertz CT molecular complexity index is 754. The molecular formula is C21H27N3O2. The highest BCUT2D eigenvalue weighted by atomic mass is 16.5. The Hall–Kier alpha value is -2.53. The molecule has 138 valence electrons. The molecule has 1 aliphatic heterocycles. The van der Waals surface area contributed by atoms with Gasteiger partial charge in [0.05, 0.1) is 18.8 Å². The van der Waals surface area contributed by atoms with E-state index in [0.29, 0.717) is 0 Å². The van der Waals surface area contributed by atoms with E-state index in [4.69, 9.17) is 4.74 Å². The van der Waals surface area contributed by atoms with Gasteiger partial charge < -0.3 is 15.0 Å². The largest absolute Gasteiger partial charge is 0.495 e. The Morgan fingerprint density at radius 2 is 1.69 bits per heavy atom. The summed E-state index contributed by atoms with van der Waals surface area (Å²) < 4.78 is 5.47. The van der Waals surface area contributed by atoms with Gasteiger partial charge in [0.1, 0.15) is 5.75 Å². The number of carbonyl (C=O) groups excluding carboxylic acids is 1. The molecule has 0 aromatic heterocycles. The third-order valence-corrected chi connectivity index (χ3v) is 5.07. The molecule has 1 atom stereocenters. The summed E-state index contributed by atoms with van der Waals surface area (Å²) in [7, 11) is 1.70. The molecule has 1 aliphatic rings. The Morgan fingerprint density at radius 3 is 2.38 bits per heavy atom. The summed E-state index contributed by atoms with van der Waals surface area (Å²) in [5.74, 6) is 0.941. The van der Waals surface area contributed by atoms with Gasteiger partial charge in [0, 0.05) is 31.9 Å². The van der Waals surface area contributed by atoms with E-state index in [1.54, 1.807) is 7.11 Å². The summed E-state index contributed by atoms with van der Waals surface area (Å²) in [6, 6.07) is 15.8. The SMILES string of the molecule is COc1ccccc1N1CCN(C(C)C(=O)Nc2ccccc2C)CC1. The van der Waals surface area contributed by atoms with E-state index in [2.05, 4.69) is 21.2 Å². The number of para-hydroxylation sites is 3. The van der Waals surface area contributed by atoms with Gasteiger partial charge in [-0.25, -0.2) is 0 Å². The van der Waals surface area contributed by atoms with Crippen LogP contribution < -0.4 is 15.0 Å². The van der Waals surface area contributed by atoms with Crippen LogP contribution in [0.3, 0.4) is 0 Å². The second-order valence-electron chi connectivity index (χ2n) is 6.68. The van der Waals surface area contributed by atoms with Crippen molar-refractivity contribution in [3.63, 3.8) is 0 Å². The molecule has 2 aromatic rings. The zero-order chi connectivity index (χ0) is 18.5. The molecule has 0 bridgehead atoms. The monoisotopic (exact) mass is 353 g/mol. The number of ether oxygens (including phenoxy) is 1. The normalized spacial score (nSPS) is 16.2. The van der Waals surface area contributed by atoms with Gasteiger partial charge in [0.15, 0.2) is 0 Å². The number of aryl methyl sites for hydroxylation is 1. The van der Waals surface area contributed by atoms with Gasteiger partial charge in [-0.05, 0) is 37.6 Å². The second kappa shape index (κ2) is 8.23. The van der Waals surface area contributed by atoms with Gasteiger partial charge in [-0.3, -0.25) is 9.69 Å². The quantitative estimate of drug-likeness (QED) is 0.897. The maximum atomic E-state index is 12.6. The van der Waals surface area contributed by atoms with E-state index in [-0.39, 0.29) is 11.9 Å². The van der Waals surface area contributed by atoms with E-state index >= 15 is 0 Å². The second-order valence-corrected chi connectivity index (χ2v) is 6.68. The maximum Gasteiger partial charge on any atom is 0.241 e. The number of anilines is 2.